The molecular formula is C25H21Cl2FN2O3. The molecule has 0 spiro atoms. The van der Waals surface area contributed by atoms with Crippen molar-refractivity contribution >= 4 is 40.7 Å². The van der Waals surface area contributed by atoms with E-state index in [1.165, 1.54) is 18.2 Å². The number of rotatable bonds is 6. The Bertz CT molecular complexity index is 1190. The number of carbonyl (C=O) groups excluding carboxylic acids is 2. The maximum atomic E-state index is 13.3. The van der Waals surface area contributed by atoms with Gasteiger partial charge in [-0.05, 0) is 60.9 Å². The summed E-state index contributed by atoms with van der Waals surface area (Å²) < 4.78 is 19.0. The van der Waals surface area contributed by atoms with Crippen LogP contribution in [0.4, 0.5) is 10.1 Å². The topological polar surface area (TPSA) is 58.6 Å². The molecule has 0 bridgehead atoms. The van der Waals surface area contributed by atoms with E-state index < -0.39 is 11.9 Å². The summed E-state index contributed by atoms with van der Waals surface area (Å²) in [4.78, 5) is 27.4. The van der Waals surface area contributed by atoms with E-state index in [0.29, 0.717) is 40.6 Å². The number of halogens is 3. The van der Waals surface area contributed by atoms with Crippen LogP contribution in [0.3, 0.4) is 0 Å². The lowest BCUT2D eigenvalue weighted by atomic mass is 10.0. The van der Waals surface area contributed by atoms with E-state index in [9.17, 15) is 14.0 Å². The van der Waals surface area contributed by atoms with Gasteiger partial charge in [0, 0.05) is 12.1 Å². The molecule has 2 amide bonds. The first-order chi connectivity index (χ1) is 15.9. The Labute approximate surface area is 201 Å². The summed E-state index contributed by atoms with van der Waals surface area (Å²) in [7, 11) is 0. The van der Waals surface area contributed by atoms with Crippen LogP contribution in [-0.4, -0.2) is 24.4 Å². The van der Waals surface area contributed by atoms with Crippen LogP contribution >= 0.6 is 23.2 Å². The molecule has 3 aromatic rings. The molecule has 1 heterocycles. The molecule has 33 heavy (non-hydrogen) atoms. The molecule has 3 aromatic carbocycles. The van der Waals surface area contributed by atoms with E-state index in [0.717, 1.165) is 6.42 Å². The van der Waals surface area contributed by atoms with Crippen molar-refractivity contribution in [3.63, 3.8) is 0 Å². The van der Waals surface area contributed by atoms with Crippen LogP contribution in [0.1, 0.15) is 28.8 Å². The summed E-state index contributed by atoms with van der Waals surface area (Å²) >= 11 is 12.5. The predicted octanol–water partition coefficient (Wildman–Crippen LogP) is 5.64. The highest BCUT2D eigenvalue weighted by Gasteiger charge is 2.32. The van der Waals surface area contributed by atoms with Crippen molar-refractivity contribution in [2.45, 2.75) is 25.5 Å². The number of hydrogen-bond donors (Lipinski definition) is 1. The van der Waals surface area contributed by atoms with Crippen LogP contribution < -0.4 is 15.0 Å². The maximum Gasteiger partial charge on any atom is 0.251 e. The lowest BCUT2D eigenvalue weighted by Gasteiger charge is -2.33. The molecule has 0 radical (unpaired) electrons. The summed E-state index contributed by atoms with van der Waals surface area (Å²) in [6.07, 6.45) is 1.27. The van der Waals surface area contributed by atoms with E-state index >= 15 is 0 Å². The molecule has 1 saturated heterocycles. The third kappa shape index (κ3) is 5.46. The lowest BCUT2D eigenvalue weighted by Crippen LogP contribution is -2.52. The Balaban J connectivity index is 1.41. The molecule has 170 valence electrons. The van der Waals surface area contributed by atoms with Crippen LogP contribution in [0, 0.1) is 5.82 Å². The fourth-order valence-electron chi connectivity index (χ4n) is 3.71. The molecule has 1 N–H and O–H groups in total. The van der Waals surface area contributed by atoms with E-state index in [2.05, 4.69) is 5.32 Å². The number of nitrogens with zero attached hydrogens (tertiary/aromatic N) is 1. The molecule has 5 nitrogen and oxygen atoms in total. The second-order valence-corrected chi connectivity index (χ2v) is 8.49. The lowest BCUT2D eigenvalue weighted by molar-refractivity contribution is -0.121. The van der Waals surface area contributed by atoms with Crippen LogP contribution in [0.2, 0.25) is 10.0 Å². The van der Waals surface area contributed by atoms with Gasteiger partial charge in [-0.25, -0.2) is 4.39 Å². The Hall–Kier alpha value is -3.09. The fourth-order valence-corrected chi connectivity index (χ4v) is 4.18. The average Bonchev–Trinajstić information content (AvgIpc) is 2.80. The second kappa shape index (κ2) is 10.2. The summed E-state index contributed by atoms with van der Waals surface area (Å²) in [5.74, 6) is -0.590. The van der Waals surface area contributed by atoms with Crippen molar-refractivity contribution in [1.29, 1.82) is 0 Å². The Morgan fingerprint density at radius 2 is 1.88 bits per heavy atom. The molecule has 1 aliphatic rings. The van der Waals surface area contributed by atoms with Gasteiger partial charge >= 0.3 is 0 Å². The number of nitrogens with one attached hydrogen (secondary N) is 1. The third-order valence-corrected chi connectivity index (χ3v) is 5.98. The fraction of sp³-hybridized carbons (Fsp3) is 0.200. The van der Waals surface area contributed by atoms with Crippen LogP contribution in [0.25, 0.3) is 0 Å². The van der Waals surface area contributed by atoms with Gasteiger partial charge in [0.1, 0.15) is 24.2 Å². The number of ether oxygens (including phenoxy) is 1. The van der Waals surface area contributed by atoms with Gasteiger partial charge in [0.25, 0.3) is 5.91 Å². The van der Waals surface area contributed by atoms with E-state index in [-0.39, 0.29) is 23.4 Å². The molecule has 4 rings (SSSR count). The van der Waals surface area contributed by atoms with Gasteiger partial charge in [-0.15, -0.1) is 0 Å². The zero-order valence-electron chi connectivity index (χ0n) is 17.6. The monoisotopic (exact) mass is 486 g/mol. The van der Waals surface area contributed by atoms with Gasteiger partial charge in [-0.2, -0.15) is 0 Å². The number of amides is 2. The first-order valence-corrected chi connectivity index (χ1v) is 11.2. The van der Waals surface area contributed by atoms with Crippen molar-refractivity contribution in [3.8, 4) is 5.75 Å². The third-order valence-electron chi connectivity index (χ3n) is 5.36. The SMILES string of the molecule is O=C(NC1CCCN(c2ccccc2Cl)C1=O)c1ccc(OCc2cccc(F)c2)c(Cl)c1. The van der Waals surface area contributed by atoms with E-state index in [1.54, 1.807) is 47.4 Å². The quantitative estimate of drug-likeness (QED) is 0.490. The summed E-state index contributed by atoms with van der Waals surface area (Å²) in [6, 6.07) is 17.2. The number of carbonyl (C=O) groups is 2. The highest BCUT2D eigenvalue weighted by Crippen LogP contribution is 2.29. The second-order valence-electron chi connectivity index (χ2n) is 7.67. The number of para-hydroxylation sites is 1. The van der Waals surface area contributed by atoms with Gasteiger partial charge in [-0.3, -0.25) is 9.59 Å². The number of piperidine rings is 1. The maximum absolute atomic E-state index is 13.3. The Morgan fingerprint density at radius 3 is 2.64 bits per heavy atom. The minimum absolute atomic E-state index is 0.136. The molecule has 1 unspecified atom stereocenters. The molecule has 0 saturated carbocycles. The van der Waals surface area contributed by atoms with Crippen molar-refractivity contribution < 1.29 is 18.7 Å². The molecule has 8 heteroatoms. The van der Waals surface area contributed by atoms with Gasteiger partial charge in [0.15, 0.2) is 0 Å². The molecule has 1 atom stereocenters. The zero-order chi connectivity index (χ0) is 23.4. The Morgan fingerprint density at radius 1 is 1.06 bits per heavy atom. The van der Waals surface area contributed by atoms with Gasteiger partial charge in [0.05, 0.1) is 15.7 Å². The minimum Gasteiger partial charge on any atom is -0.487 e. The van der Waals surface area contributed by atoms with Crippen LogP contribution in [-0.2, 0) is 11.4 Å². The largest absolute Gasteiger partial charge is 0.487 e. The first-order valence-electron chi connectivity index (χ1n) is 10.5. The predicted molar refractivity (Wildman–Crippen MR) is 126 cm³/mol. The highest BCUT2D eigenvalue weighted by molar-refractivity contribution is 6.34. The van der Waals surface area contributed by atoms with Gasteiger partial charge in [-0.1, -0.05) is 47.5 Å². The summed E-state index contributed by atoms with van der Waals surface area (Å²) in [6.45, 7) is 0.676. The zero-order valence-corrected chi connectivity index (χ0v) is 19.1. The standard InChI is InChI=1S/C25H21Cl2FN2O3/c26-19-7-1-2-9-22(19)30-12-4-8-21(25(30)32)29-24(31)17-10-11-23(20(27)14-17)33-15-16-5-3-6-18(28)13-16/h1-3,5-7,9-11,13-14,21H,4,8,12,15H2,(H,29,31). The van der Waals surface area contributed by atoms with E-state index in [1.807, 2.05) is 6.07 Å². The first kappa shape index (κ1) is 23.1. The van der Waals surface area contributed by atoms with Crippen molar-refractivity contribution in [1.82, 2.24) is 5.32 Å². The van der Waals surface area contributed by atoms with Gasteiger partial charge < -0.3 is 15.0 Å². The number of anilines is 1. The molecular weight excluding hydrogens is 466 g/mol. The van der Waals surface area contributed by atoms with Crippen molar-refractivity contribution in [2.75, 3.05) is 11.4 Å². The van der Waals surface area contributed by atoms with E-state index in [4.69, 9.17) is 27.9 Å². The molecule has 1 fully saturated rings. The Kier molecular flexibility index (Phi) is 7.16. The summed E-state index contributed by atoms with van der Waals surface area (Å²) in [5, 5.41) is 3.53. The minimum atomic E-state index is -0.662. The van der Waals surface area contributed by atoms with Crippen molar-refractivity contribution in [3.05, 3.63) is 93.7 Å². The average molecular weight is 487 g/mol. The number of hydrogen-bond acceptors (Lipinski definition) is 3. The summed E-state index contributed by atoms with van der Waals surface area (Å²) in [5.41, 5.74) is 1.60. The highest BCUT2D eigenvalue weighted by atomic mass is 35.5. The van der Waals surface area contributed by atoms with Crippen molar-refractivity contribution in [2.24, 2.45) is 0 Å². The normalized spacial score (nSPS) is 15.9. The van der Waals surface area contributed by atoms with Crippen LogP contribution in [0.15, 0.2) is 66.7 Å². The van der Waals surface area contributed by atoms with Crippen LogP contribution in [0.5, 0.6) is 5.75 Å². The van der Waals surface area contributed by atoms with Gasteiger partial charge in [0.2, 0.25) is 5.91 Å². The molecule has 0 aliphatic carbocycles. The smallest absolute Gasteiger partial charge is 0.251 e. The molecule has 0 aromatic heterocycles. The number of benzene rings is 3. The molecule has 1 aliphatic heterocycles.